The molecule has 1 aliphatic carbocycles. The Kier molecular flexibility index (Phi) is 7.77. The molecular formula is C26H35N5O. The van der Waals surface area contributed by atoms with Gasteiger partial charge in [-0.2, -0.15) is 0 Å². The van der Waals surface area contributed by atoms with Gasteiger partial charge in [0.1, 0.15) is 0 Å². The first-order valence-electron chi connectivity index (χ1n) is 11.8. The average molecular weight is 434 g/mol. The summed E-state index contributed by atoms with van der Waals surface area (Å²) in [7, 11) is 1.81. The zero-order valence-corrected chi connectivity index (χ0v) is 19.0. The summed E-state index contributed by atoms with van der Waals surface area (Å²) in [6.45, 7) is 3.68. The summed E-state index contributed by atoms with van der Waals surface area (Å²) < 4.78 is 0. The maximum absolute atomic E-state index is 12.2. The largest absolute Gasteiger partial charge is 0.355 e. The van der Waals surface area contributed by atoms with Crippen molar-refractivity contribution in [2.24, 2.45) is 10.9 Å². The second-order valence-electron chi connectivity index (χ2n) is 8.88. The minimum Gasteiger partial charge on any atom is -0.355 e. The summed E-state index contributed by atoms with van der Waals surface area (Å²) in [4.78, 5) is 19.2. The standard InChI is InChI=1S/C26H35N5O/c1-27-26(29-18-24-14-7-15-31(24)19-20-8-3-2-4-9-20)28-17-21-10-5-13-23(16-21)30-25(32)22-11-6-12-22/h2-5,8-10,13,16,22,24H,6-7,11-12,14-15,17-19H2,1H3,(H,30,32)(H2,27,28,29). The van der Waals surface area contributed by atoms with Gasteiger partial charge in [0.05, 0.1) is 0 Å². The van der Waals surface area contributed by atoms with Gasteiger partial charge < -0.3 is 16.0 Å². The summed E-state index contributed by atoms with van der Waals surface area (Å²) >= 11 is 0. The second kappa shape index (κ2) is 11.1. The van der Waals surface area contributed by atoms with E-state index in [2.05, 4.69) is 62.2 Å². The summed E-state index contributed by atoms with van der Waals surface area (Å²) in [5.41, 5.74) is 3.35. The highest BCUT2D eigenvalue weighted by Crippen LogP contribution is 2.27. The highest BCUT2D eigenvalue weighted by molar-refractivity contribution is 5.93. The van der Waals surface area contributed by atoms with Gasteiger partial charge in [-0.25, -0.2) is 0 Å². The molecule has 2 fully saturated rings. The molecule has 1 saturated carbocycles. The summed E-state index contributed by atoms with van der Waals surface area (Å²) in [6.07, 6.45) is 5.64. The maximum atomic E-state index is 12.2. The number of aliphatic imine (C=N–C) groups is 1. The zero-order valence-electron chi connectivity index (χ0n) is 19.0. The number of carbonyl (C=O) groups excluding carboxylic acids is 1. The number of carbonyl (C=O) groups is 1. The van der Waals surface area contributed by atoms with E-state index >= 15 is 0 Å². The number of nitrogens with zero attached hydrogens (tertiary/aromatic N) is 2. The van der Waals surface area contributed by atoms with Crippen molar-refractivity contribution in [1.29, 1.82) is 0 Å². The molecule has 170 valence electrons. The number of nitrogens with one attached hydrogen (secondary N) is 3. The number of likely N-dealkylation sites (tertiary alicyclic amines) is 1. The summed E-state index contributed by atoms with van der Waals surface area (Å²) in [5.74, 6) is 1.15. The molecule has 1 saturated heterocycles. The van der Waals surface area contributed by atoms with Crippen LogP contribution in [0.15, 0.2) is 59.6 Å². The fourth-order valence-electron chi connectivity index (χ4n) is 4.45. The number of amides is 1. The average Bonchev–Trinajstić information content (AvgIpc) is 3.20. The molecule has 2 aromatic carbocycles. The maximum Gasteiger partial charge on any atom is 0.227 e. The predicted octanol–water partition coefficient (Wildman–Crippen LogP) is 3.75. The molecule has 0 bridgehead atoms. The lowest BCUT2D eigenvalue weighted by Gasteiger charge is -2.25. The molecule has 6 nitrogen and oxygen atoms in total. The number of anilines is 1. The zero-order chi connectivity index (χ0) is 22.2. The van der Waals surface area contributed by atoms with Crippen molar-refractivity contribution in [3.8, 4) is 0 Å². The lowest BCUT2D eigenvalue weighted by atomic mass is 9.85. The molecule has 1 amide bonds. The van der Waals surface area contributed by atoms with Gasteiger partial charge in [-0.15, -0.1) is 0 Å². The monoisotopic (exact) mass is 433 g/mol. The van der Waals surface area contributed by atoms with Crippen molar-refractivity contribution in [2.75, 3.05) is 25.5 Å². The molecule has 1 heterocycles. The Morgan fingerprint density at radius 3 is 2.56 bits per heavy atom. The molecule has 2 aromatic rings. The molecule has 0 aromatic heterocycles. The van der Waals surface area contributed by atoms with Crippen LogP contribution in [0.3, 0.4) is 0 Å². The molecule has 1 atom stereocenters. The smallest absolute Gasteiger partial charge is 0.227 e. The molecule has 0 radical (unpaired) electrons. The van der Waals surface area contributed by atoms with Gasteiger partial charge in [0.15, 0.2) is 5.96 Å². The van der Waals surface area contributed by atoms with E-state index in [-0.39, 0.29) is 11.8 Å². The highest BCUT2D eigenvalue weighted by atomic mass is 16.1. The third kappa shape index (κ3) is 6.10. The number of rotatable bonds is 8. The van der Waals surface area contributed by atoms with Crippen molar-refractivity contribution >= 4 is 17.6 Å². The van der Waals surface area contributed by atoms with E-state index in [0.29, 0.717) is 12.6 Å². The first-order chi connectivity index (χ1) is 15.7. The molecule has 6 heteroatoms. The molecule has 1 unspecified atom stereocenters. The van der Waals surface area contributed by atoms with Gasteiger partial charge in [0.25, 0.3) is 0 Å². The van der Waals surface area contributed by atoms with E-state index in [9.17, 15) is 4.79 Å². The van der Waals surface area contributed by atoms with E-state index < -0.39 is 0 Å². The van der Waals surface area contributed by atoms with Crippen molar-refractivity contribution in [2.45, 2.75) is 51.2 Å². The fourth-order valence-corrected chi connectivity index (χ4v) is 4.45. The van der Waals surface area contributed by atoms with Gasteiger partial charge in [-0.05, 0) is 55.5 Å². The molecule has 0 spiro atoms. The van der Waals surface area contributed by atoms with Crippen LogP contribution in [0.5, 0.6) is 0 Å². The van der Waals surface area contributed by atoms with Gasteiger partial charge in [0, 0.05) is 44.3 Å². The summed E-state index contributed by atoms with van der Waals surface area (Å²) in [5, 5.41) is 9.96. The number of guanidine groups is 1. The van der Waals surface area contributed by atoms with E-state index in [1.807, 2.05) is 18.2 Å². The Labute approximate surface area is 191 Å². The molecule has 4 rings (SSSR count). The van der Waals surface area contributed by atoms with Crippen LogP contribution in [-0.2, 0) is 17.9 Å². The van der Waals surface area contributed by atoms with Gasteiger partial charge in [-0.1, -0.05) is 48.9 Å². The number of benzene rings is 2. The molecular weight excluding hydrogens is 398 g/mol. The van der Waals surface area contributed by atoms with Crippen LogP contribution >= 0.6 is 0 Å². The van der Waals surface area contributed by atoms with Crippen LogP contribution in [0.25, 0.3) is 0 Å². The summed E-state index contributed by atoms with van der Waals surface area (Å²) in [6, 6.07) is 19.2. The van der Waals surface area contributed by atoms with Crippen LogP contribution in [0.4, 0.5) is 5.69 Å². The highest BCUT2D eigenvalue weighted by Gasteiger charge is 2.25. The lowest BCUT2D eigenvalue weighted by Crippen LogP contribution is -2.44. The lowest BCUT2D eigenvalue weighted by molar-refractivity contribution is -0.122. The second-order valence-corrected chi connectivity index (χ2v) is 8.88. The molecule has 1 aliphatic heterocycles. The Balaban J connectivity index is 1.24. The van der Waals surface area contributed by atoms with Gasteiger partial charge in [-0.3, -0.25) is 14.7 Å². The predicted molar refractivity (Wildman–Crippen MR) is 130 cm³/mol. The van der Waals surface area contributed by atoms with Crippen LogP contribution in [0, 0.1) is 5.92 Å². The Morgan fingerprint density at radius 2 is 1.81 bits per heavy atom. The minimum absolute atomic E-state index is 0.149. The first-order valence-corrected chi connectivity index (χ1v) is 11.8. The van der Waals surface area contributed by atoms with E-state index in [0.717, 1.165) is 49.7 Å². The third-order valence-electron chi connectivity index (χ3n) is 6.59. The van der Waals surface area contributed by atoms with E-state index in [1.165, 1.54) is 24.8 Å². The SMILES string of the molecule is CN=C(NCc1cccc(NC(=O)C2CCC2)c1)NCC1CCCN1Cc1ccccc1. The Hall–Kier alpha value is -2.86. The van der Waals surface area contributed by atoms with E-state index in [4.69, 9.17) is 0 Å². The quantitative estimate of drug-likeness (QED) is 0.438. The van der Waals surface area contributed by atoms with Crippen molar-refractivity contribution < 1.29 is 4.79 Å². The number of hydrogen-bond acceptors (Lipinski definition) is 3. The van der Waals surface area contributed by atoms with Crippen molar-refractivity contribution in [3.05, 3.63) is 65.7 Å². The van der Waals surface area contributed by atoms with E-state index in [1.54, 1.807) is 7.05 Å². The minimum atomic E-state index is 0.149. The number of hydrogen-bond donors (Lipinski definition) is 3. The van der Waals surface area contributed by atoms with Crippen LogP contribution < -0.4 is 16.0 Å². The topological polar surface area (TPSA) is 68.8 Å². The fraction of sp³-hybridized carbons (Fsp3) is 0.462. The molecule has 2 aliphatic rings. The molecule has 3 N–H and O–H groups in total. The normalized spacial score (nSPS) is 19.4. The molecule has 32 heavy (non-hydrogen) atoms. The van der Waals surface area contributed by atoms with Crippen LogP contribution in [-0.4, -0.2) is 42.9 Å². The van der Waals surface area contributed by atoms with Crippen molar-refractivity contribution in [3.63, 3.8) is 0 Å². The Bertz CT molecular complexity index is 909. The van der Waals surface area contributed by atoms with Crippen LogP contribution in [0.2, 0.25) is 0 Å². The van der Waals surface area contributed by atoms with Gasteiger partial charge >= 0.3 is 0 Å². The van der Waals surface area contributed by atoms with Crippen molar-refractivity contribution in [1.82, 2.24) is 15.5 Å². The van der Waals surface area contributed by atoms with Gasteiger partial charge in [0.2, 0.25) is 5.91 Å². The third-order valence-corrected chi connectivity index (χ3v) is 6.59. The van der Waals surface area contributed by atoms with Crippen LogP contribution in [0.1, 0.15) is 43.2 Å². The Morgan fingerprint density at radius 1 is 1.00 bits per heavy atom. The first kappa shape index (κ1) is 22.3.